The molecule has 0 saturated heterocycles. The molecule has 0 bridgehead atoms. The van der Waals surface area contributed by atoms with Gasteiger partial charge in [0.05, 0.1) is 6.10 Å². The lowest BCUT2D eigenvalue weighted by molar-refractivity contribution is 0.175. The Morgan fingerprint density at radius 3 is 2.47 bits per heavy atom. The van der Waals surface area contributed by atoms with Gasteiger partial charge in [-0.05, 0) is 54.3 Å². The van der Waals surface area contributed by atoms with E-state index < -0.39 is 6.10 Å². The highest BCUT2D eigenvalue weighted by atomic mass is 79.9. The lowest BCUT2D eigenvalue weighted by Crippen LogP contribution is -2.14. The van der Waals surface area contributed by atoms with Gasteiger partial charge in [-0.15, -0.1) is 0 Å². The standard InChI is InChI=1S/C15H13BrClFO/c16-15-6-5-13(18)8-11(15)9-14(19)7-10-1-3-12(17)4-2-10/h1-6,8,14,19H,7,9H2. The fourth-order valence-electron chi connectivity index (χ4n) is 1.92. The molecule has 0 aromatic heterocycles. The van der Waals surface area contributed by atoms with Crippen molar-refractivity contribution < 1.29 is 9.50 Å². The average molecular weight is 344 g/mol. The van der Waals surface area contributed by atoms with Crippen LogP contribution in [0.3, 0.4) is 0 Å². The van der Waals surface area contributed by atoms with Crippen molar-refractivity contribution in [2.24, 2.45) is 0 Å². The molecule has 0 aliphatic carbocycles. The van der Waals surface area contributed by atoms with Crippen molar-refractivity contribution in [2.45, 2.75) is 18.9 Å². The average Bonchev–Trinajstić information content (AvgIpc) is 2.37. The van der Waals surface area contributed by atoms with Gasteiger partial charge in [0, 0.05) is 9.50 Å². The first kappa shape index (κ1) is 14.5. The van der Waals surface area contributed by atoms with Crippen LogP contribution in [0.1, 0.15) is 11.1 Å². The summed E-state index contributed by atoms with van der Waals surface area (Å²) in [5.74, 6) is -0.295. The molecule has 4 heteroatoms. The Labute approximate surface area is 125 Å². The number of benzene rings is 2. The summed E-state index contributed by atoms with van der Waals surface area (Å²) in [6.45, 7) is 0. The minimum absolute atomic E-state index is 0.295. The largest absolute Gasteiger partial charge is 0.392 e. The Bertz CT molecular complexity index is 557. The van der Waals surface area contributed by atoms with E-state index in [4.69, 9.17) is 11.6 Å². The maximum atomic E-state index is 13.2. The van der Waals surface area contributed by atoms with E-state index in [-0.39, 0.29) is 5.82 Å². The van der Waals surface area contributed by atoms with Gasteiger partial charge in [-0.25, -0.2) is 4.39 Å². The zero-order chi connectivity index (χ0) is 13.8. The van der Waals surface area contributed by atoms with Crippen molar-refractivity contribution in [3.8, 4) is 0 Å². The molecule has 0 fully saturated rings. The van der Waals surface area contributed by atoms with Gasteiger partial charge in [0.1, 0.15) is 5.82 Å². The second-order valence-electron chi connectivity index (χ2n) is 4.42. The summed E-state index contributed by atoms with van der Waals surface area (Å²) in [5.41, 5.74) is 1.77. The molecule has 1 N–H and O–H groups in total. The number of halogens is 3. The maximum absolute atomic E-state index is 13.2. The Balaban J connectivity index is 2.02. The Kier molecular flexibility index (Phi) is 4.97. The topological polar surface area (TPSA) is 20.2 Å². The van der Waals surface area contributed by atoms with Crippen molar-refractivity contribution >= 4 is 27.5 Å². The van der Waals surface area contributed by atoms with Gasteiger partial charge in [0.15, 0.2) is 0 Å². The van der Waals surface area contributed by atoms with Crippen LogP contribution in [0, 0.1) is 5.82 Å². The molecule has 1 atom stereocenters. The molecule has 2 aromatic rings. The van der Waals surface area contributed by atoms with Crippen LogP contribution in [-0.4, -0.2) is 11.2 Å². The third-order valence-corrected chi connectivity index (χ3v) is 3.87. The van der Waals surface area contributed by atoms with Gasteiger partial charge in [-0.3, -0.25) is 0 Å². The fourth-order valence-corrected chi connectivity index (χ4v) is 2.45. The van der Waals surface area contributed by atoms with Crippen LogP contribution in [-0.2, 0) is 12.8 Å². The summed E-state index contributed by atoms with van der Waals surface area (Å²) in [4.78, 5) is 0. The molecule has 0 aliphatic heterocycles. The van der Waals surface area contributed by atoms with Crippen molar-refractivity contribution in [3.63, 3.8) is 0 Å². The van der Waals surface area contributed by atoms with E-state index in [2.05, 4.69) is 15.9 Å². The van der Waals surface area contributed by atoms with Crippen LogP contribution in [0.5, 0.6) is 0 Å². The zero-order valence-corrected chi connectivity index (χ0v) is 12.5. The lowest BCUT2D eigenvalue weighted by atomic mass is 10.0. The summed E-state index contributed by atoms with van der Waals surface area (Å²) in [6.07, 6.45) is 0.362. The van der Waals surface area contributed by atoms with Gasteiger partial charge >= 0.3 is 0 Å². The molecule has 0 spiro atoms. The molecule has 19 heavy (non-hydrogen) atoms. The minimum Gasteiger partial charge on any atom is -0.392 e. The van der Waals surface area contributed by atoms with Crippen molar-refractivity contribution in [3.05, 3.63) is 68.9 Å². The maximum Gasteiger partial charge on any atom is 0.123 e. The number of hydrogen-bond donors (Lipinski definition) is 1. The van der Waals surface area contributed by atoms with Crippen molar-refractivity contribution in [1.29, 1.82) is 0 Å². The molecule has 0 saturated carbocycles. The van der Waals surface area contributed by atoms with Crippen molar-refractivity contribution in [1.82, 2.24) is 0 Å². The Morgan fingerprint density at radius 2 is 1.79 bits per heavy atom. The van der Waals surface area contributed by atoms with Crippen LogP contribution in [0.4, 0.5) is 4.39 Å². The van der Waals surface area contributed by atoms with Crippen LogP contribution in [0.15, 0.2) is 46.9 Å². The molecule has 1 nitrogen and oxygen atoms in total. The molecule has 0 amide bonds. The normalized spacial score (nSPS) is 12.4. The van der Waals surface area contributed by atoms with E-state index in [1.165, 1.54) is 12.1 Å². The molecule has 0 heterocycles. The van der Waals surface area contributed by atoms with Gasteiger partial charge < -0.3 is 5.11 Å². The Morgan fingerprint density at radius 1 is 1.11 bits per heavy atom. The molecule has 100 valence electrons. The quantitative estimate of drug-likeness (QED) is 0.873. The van der Waals surface area contributed by atoms with Gasteiger partial charge in [-0.2, -0.15) is 0 Å². The molecular weight excluding hydrogens is 331 g/mol. The van der Waals surface area contributed by atoms with E-state index in [9.17, 15) is 9.50 Å². The molecule has 0 aliphatic rings. The third kappa shape index (κ3) is 4.30. The fraction of sp³-hybridized carbons (Fsp3) is 0.200. The minimum atomic E-state index is -0.556. The number of aliphatic hydroxyl groups is 1. The number of rotatable bonds is 4. The summed E-state index contributed by atoms with van der Waals surface area (Å²) in [5, 5.41) is 10.7. The Hall–Kier alpha value is -0.900. The summed E-state index contributed by atoms with van der Waals surface area (Å²) < 4.78 is 14.0. The number of hydrogen-bond acceptors (Lipinski definition) is 1. The highest BCUT2D eigenvalue weighted by Gasteiger charge is 2.10. The third-order valence-electron chi connectivity index (χ3n) is 2.85. The van der Waals surface area contributed by atoms with Gasteiger partial charge in [0.2, 0.25) is 0 Å². The smallest absolute Gasteiger partial charge is 0.123 e. The summed E-state index contributed by atoms with van der Waals surface area (Å²) >= 11 is 9.16. The van der Waals surface area contributed by atoms with Crippen molar-refractivity contribution in [2.75, 3.05) is 0 Å². The van der Waals surface area contributed by atoms with Crippen LogP contribution >= 0.6 is 27.5 Å². The van der Waals surface area contributed by atoms with Crippen LogP contribution in [0.2, 0.25) is 5.02 Å². The van der Waals surface area contributed by atoms with Crippen LogP contribution < -0.4 is 0 Å². The molecule has 0 radical (unpaired) electrons. The van der Waals surface area contributed by atoms with E-state index in [0.29, 0.717) is 17.9 Å². The predicted octanol–water partition coefficient (Wildman–Crippen LogP) is 4.39. The molecule has 2 rings (SSSR count). The lowest BCUT2D eigenvalue weighted by Gasteiger charge is -2.12. The second-order valence-corrected chi connectivity index (χ2v) is 5.72. The first-order chi connectivity index (χ1) is 9.04. The predicted molar refractivity (Wildman–Crippen MR) is 79.0 cm³/mol. The monoisotopic (exact) mass is 342 g/mol. The number of aliphatic hydroxyl groups excluding tert-OH is 1. The van der Waals surface area contributed by atoms with E-state index in [0.717, 1.165) is 15.6 Å². The first-order valence-electron chi connectivity index (χ1n) is 5.91. The molecular formula is C15H13BrClFO. The first-order valence-corrected chi connectivity index (χ1v) is 7.08. The highest BCUT2D eigenvalue weighted by molar-refractivity contribution is 9.10. The van der Waals surface area contributed by atoms with Crippen LogP contribution in [0.25, 0.3) is 0 Å². The van der Waals surface area contributed by atoms with E-state index >= 15 is 0 Å². The zero-order valence-electron chi connectivity index (χ0n) is 10.1. The summed E-state index contributed by atoms with van der Waals surface area (Å²) in [7, 11) is 0. The van der Waals surface area contributed by atoms with Gasteiger partial charge in [0.25, 0.3) is 0 Å². The van der Waals surface area contributed by atoms with Gasteiger partial charge in [-0.1, -0.05) is 39.7 Å². The molecule has 1 unspecified atom stereocenters. The van der Waals surface area contributed by atoms with E-state index in [1.807, 2.05) is 12.1 Å². The second kappa shape index (κ2) is 6.51. The summed E-state index contributed by atoms with van der Waals surface area (Å²) in [6, 6.07) is 11.8. The highest BCUT2D eigenvalue weighted by Crippen LogP contribution is 2.20. The SMILES string of the molecule is OC(Cc1ccc(Cl)cc1)Cc1cc(F)ccc1Br. The van der Waals surface area contributed by atoms with E-state index in [1.54, 1.807) is 18.2 Å². The molecule has 2 aromatic carbocycles.